The zero-order valence-electron chi connectivity index (χ0n) is 14.6. The Labute approximate surface area is 154 Å². The standard InChI is InChI=1S/C18H19N5O2S/c1-10-8-12-4-3-5-13-15(12)23(10)9-14(16(13)24)17(25)19-6-7-26-18-20-11(2)21-22-18/h3-5,9-10H,6-8H2,1-2H3,(H,19,25)(H,20,21,22)/t10-/m0/s1. The van der Waals surface area contributed by atoms with Gasteiger partial charge in [-0.25, -0.2) is 4.98 Å². The number of carbonyl (C=O) groups excluding carboxylic acids is 1. The molecule has 0 bridgehead atoms. The predicted molar refractivity (Wildman–Crippen MR) is 101 cm³/mol. The summed E-state index contributed by atoms with van der Waals surface area (Å²) in [4.78, 5) is 29.5. The van der Waals surface area contributed by atoms with Crippen molar-refractivity contribution in [1.82, 2.24) is 25.1 Å². The Morgan fingerprint density at radius 2 is 2.31 bits per heavy atom. The topological polar surface area (TPSA) is 92.7 Å². The number of para-hydroxylation sites is 1. The third-order valence-corrected chi connectivity index (χ3v) is 5.41. The van der Waals surface area contributed by atoms with Crippen LogP contribution in [0.1, 0.15) is 34.7 Å². The number of aromatic amines is 1. The molecule has 0 fully saturated rings. The van der Waals surface area contributed by atoms with E-state index >= 15 is 0 Å². The van der Waals surface area contributed by atoms with E-state index in [2.05, 4.69) is 27.4 Å². The molecule has 0 unspecified atom stereocenters. The van der Waals surface area contributed by atoms with E-state index in [0.29, 0.717) is 22.8 Å². The molecule has 1 aliphatic heterocycles. The molecule has 1 aliphatic rings. The van der Waals surface area contributed by atoms with Crippen LogP contribution in [0.3, 0.4) is 0 Å². The number of pyridine rings is 1. The van der Waals surface area contributed by atoms with Gasteiger partial charge in [-0.1, -0.05) is 23.9 Å². The first-order valence-electron chi connectivity index (χ1n) is 8.51. The summed E-state index contributed by atoms with van der Waals surface area (Å²) < 4.78 is 2.05. The van der Waals surface area contributed by atoms with Crippen LogP contribution in [0.15, 0.2) is 34.3 Å². The Balaban J connectivity index is 1.51. The van der Waals surface area contributed by atoms with Crippen molar-refractivity contribution in [2.45, 2.75) is 31.5 Å². The van der Waals surface area contributed by atoms with Crippen molar-refractivity contribution in [3.8, 4) is 0 Å². The lowest BCUT2D eigenvalue weighted by molar-refractivity contribution is 0.0954. The zero-order chi connectivity index (χ0) is 18.3. The second-order valence-electron chi connectivity index (χ2n) is 6.45. The Bertz CT molecular complexity index is 1060. The second-order valence-corrected chi connectivity index (χ2v) is 7.52. The van der Waals surface area contributed by atoms with Crippen molar-refractivity contribution in [3.05, 3.63) is 51.6 Å². The van der Waals surface area contributed by atoms with Crippen molar-refractivity contribution in [1.29, 1.82) is 0 Å². The molecule has 3 heterocycles. The smallest absolute Gasteiger partial charge is 0.256 e. The molecule has 0 spiro atoms. The number of carbonyl (C=O) groups is 1. The third-order valence-electron chi connectivity index (χ3n) is 4.57. The SMILES string of the molecule is Cc1nc(SCCNC(=O)c2cn3c4c(cccc4c2=O)C[C@@H]3C)n[nH]1. The number of hydrogen-bond acceptors (Lipinski definition) is 5. The van der Waals surface area contributed by atoms with Crippen molar-refractivity contribution >= 4 is 28.6 Å². The normalized spacial score (nSPS) is 15.5. The van der Waals surface area contributed by atoms with E-state index in [0.717, 1.165) is 23.3 Å². The summed E-state index contributed by atoms with van der Waals surface area (Å²) in [5, 5.41) is 10.9. The van der Waals surface area contributed by atoms with Gasteiger partial charge in [0.15, 0.2) is 0 Å². The first-order valence-corrected chi connectivity index (χ1v) is 9.50. The number of H-pyrrole nitrogens is 1. The van der Waals surface area contributed by atoms with Crippen LogP contribution >= 0.6 is 11.8 Å². The van der Waals surface area contributed by atoms with Crippen molar-refractivity contribution in [2.24, 2.45) is 0 Å². The Morgan fingerprint density at radius 1 is 1.46 bits per heavy atom. The summed E-state index contributed by atoms with van der Waals surface area (Å²) in [6, 6.07) is 5.97. The zero-order valence-corrected chi connectivity index (χ0v) is 15.4. The molecule has 0 saturated heterocycles. The number of nitrogens with zero attached hydrogens (tertiary/aromatic N) is 3. The van der Waals surface area contributed by atoms with Crippen LogP contribution in [0.25, 0.3) is 10.9 Å². The van der Waals surface area contributed by atoms with Crippen LogP contribution in [0.5, 0.6) is 0 Å². The van der Waals surface area contributed by atoms with Gasteiger partial charge in [0.25, 0.3) is 5.91 Å². The molecule has 1 amide bonds. The maximum absolute atomic E-state index is 12.8. The lowest BCUT2D eigenvalue weighted by Crippen LogP contribution is -2.31. The quantitative estimate of drug-likeness (QED) is 0.530. The number of aryl methyl sites for hydroxylation is 1. The molecule has 7 nitrogen and oxygen atoms in total. The summed E-state index contributed by atoms with van der Waals surface area (Å²) in [7, 11) is 0. The molecule has 1 atom stereocenters. The van der Waals surface area contributed by atoms with Gasteiger partial charge in [0.05, 0.1) is 5.52 Å². The van der Waals surface area contributed by atoms with Crippen molar-refractivity contribution < 1.29 is 4.79 Å². The number of nitrogens with one attached hydrogen (secondary N) is 2. The second kappa shape index (κ2) is 6.60. The Kier molecular flexibility index (Phi) is 4.28. The number of amides is 1. The average molecular weight is 369 g/mol. The summed E-state index contributed by atoms with van der Waals surface area (Å²) >= 11 is 1.45. The Hall–Kier alpha value is -2.61. The fraction of sp³-hybridized carbons (Fsp3) is 0.333. The minimum atomic E-state index is -0.336. The number of rotatable bonds is 5. The molecule has 0 aliphatic carbocycles. The third kappa shape index (κ3) is 2.90. The summed E-state index contributed by atoms with van der Waals surface area (Å²) in [6.07, 6.45) is 2.58. The van der Waals surface area contributed by atoms with E-state index in [1.54, 1.807) is 12.3 Å². The summed E-state index contributed by atoms with van der Waals surface area (Å²) in [5.41, 5.74) is 2.11. The lowest BCUT2D eigenvalue weighted by atomic mass is 10.1. The molecule has 134 valence electrons. The van der Waals surface area contributed by atoms with Crippen LogP contribution in [-0.2, 0) is 6.42 Å². The van der Waals surface area contributed by atoms with Gasteiger partial charge in [0.2, 0.25) is 10.6 Å². The van der Waals surface area contributed by atoms with Crippen LogP contribution in [0.4, 0.5) is 0 Å². The van der Waals surface area contributed by atoms with Gasteiger partial charge in [-0.05, 0) is 31.9 Å². The highest BCUT2D eigenvalue weighted by atomic mass is 32.2. The maximum Gasteiger partial charge on any atom is 0.256 e. The largest absolute Gasteiger partial charge is 0.351 e. The van der Waals surface area contributed by atoms with E-state index in [4.69, 9.17) is 0 Å². The highest BCUT2D eigenvalue weighted by Gasteiger charge is 2.24. The van der Waals surface area contributed by atoms with Crippen LogP contribution < -0.4 is 10.7 Å². The van der Waals surface area contributed by atoms with E-state index in [-0.39, 0.29) is 22.9 Å². The molecule has 4 rings (SSSR count). The van der Waals surface area contributed by atoms with Crippen molar-refractivity contribution in [2.75, 3.05) is 12.3 Å². The maximum atomic E-state index is 12.8. The summed E-state index contributed by atoms with van der Waals surface area (Å²) in [5.74, 6) is 1.05. The lowest BCUT2D eigenvalue weighted by Gasteiger charge is -2.12. The molecule has 3 aromatic rings. The molecule has 2 aromatic heterocycles. The first-order chi connectivity index (χ1) is 12.5. The molecular formula is C18H19N5O2S. The minimum Gasteiger partial charge on any atom is -0.351 e. The van der Waals surface area contributed by atoms with Gasteiger partial charge in [0, 0.05) is 29.9 Å². The molecule has 2 N–H and O–H groups in total. The highest BCUT2D eigenvalue weighted by molar-refractivity contribution is 7.99. The molecule has 8 heteroatoms. The fourth-order valence-corrected chi connectivity index (χ4v) is 4.06. The highest BCUT2D eigenvalue weighted by Crippen LogP contribution is 2.30. The minimum absolute atomic E-state index is 0.196. The molecule has 0 saturated carbocycles. The molecule has 26 heavy (non-hydrogen) atoms. The molecular weight excluding hydrogens is 350 g/mol. The van der Waals surface area contributed by atoms with Gasteiger partial charge < -0.3 is 9.88 Å². The fourth-order valence-electron chi connectivity index (χ4n) is 3.37. The first kappa shape index (κ1) is 16.8. The monoisotopic (exact) mass is 369 g/mol. The molecule has 0 radical (unpaired) electrons. The van der Waals surface area contributed by atoms with E-state index < -0.39 is 0 Å². The van der Waals surface area contributed by atoms with Crippen molar-refractivity contribution in [3.63, 3.8) is 0 Å². The van der Waals surface area contributed by atoms with E-state index in [9.17, 15) is 9.59 Å². The van der Waals surface area contributed by atoms with Gasteiger partial charge in [-0.2, -0.15) is 0 Å². The van der Waals surface area contributed by atoms with Gasteiger partial charge >= 0.3 is 0 Å². The number of benzene rings is 1. The van der Waals surface area contributed by atoms with Gasteiger partial charge in [0.1, 0.15) is 11.4 Å². The van der Waals surface area contributed by atoms with Gasteiger partial charge in [-0.3, -0.25) is 14.7 Å². The van der Waals surface area contributed by atoms with Crippen LogP contribution in [0, 0.1) is 6.92 Å². The van der Waals surface area contributed by atoms with Crippen LogP contribution in [0.2, 0.25) is 0 Å². The number of hydrogen-bond donors (Lipinski definition) is 2. The summed E-state index contributed by atoms with van der Waals surface area (Å²) in [6.45, 7) is 4.37. The van der Waals surface area contributed by atoms with Gasteiger partial charge in [-0.15, -0.1) is 5.10 Å². The average Bonchev–Trinajstić information content (AvgIpc) is 3.18. The Morgan fingerprint density at radius 3 is 3.08 bits per heavy atom. The number of thioether (sulfide) groups is 1. The molecule has 1 aromatic carbocycles. The van der Waals surface area contributed by atoms with Crippen LogP contribution in [-0.4, -0.2) is 38.0 Å². The van der Waals surface area contributed by atoms with E-state index in [1.165, 1.54) is 11.8 Å². The predicted octanol–water partition coefficient (Wildman–Crippen LogP) is 2.07. The number of aromatic nitrogens is 4. The van der Waals surface area contributed by atoms with E-state index in [1.807, 2.05) is 23.6 Å².